The van der Waals surface area contributed by atoms with Crippen LogP contribution in [0.1, 0.15) is 5.56 Å². The van der Waals surface area contributed by atoms with Crippen LogP contribution in [0.25, 0.3) is 22.3 Å². The van der Waals surface area contributed by atoms with Crippen LogP contribution in [0.4, 0.5) is 0 Å². The number of aromatic nitrogens is 4. The summed E-state index contributed by atoms with van der Waals surface area (Å²) >= 11 is 0. The third-order valence-electron chi connectivity index (χ3n) is 2.82. The van der Waals surface area contributed by atoms with Crippen molar-refractivity contribution in [2.45, 2.75) is 6.54 Å². The number of nitrogens with one attached hydrogen (secondary N) is 1. The maximum atomic E-state index is 5.72. The van der Waals surface area contributed by atoms with Crippen molar-refractivity contribution in [1.82, 2.24) is 19.7 Å². The molecular weight excluding hydrogens is 214 g/mol. The number of aryl methyl sites for hydroxylation is 1. The summed E-state index contributed by atoms with van der Waals surface area (Å²) in [6.45, 7) is 0.490. The van der Waals surface area contributed by atoms with E-state index in [-0.39, 0.29) is 0 Å². The van der Waals surface area contributed by atoms with Crippen LogP contribution in [0, 0.1) is 0 Å². The molecule has 0 amide bonds. The molecule has 0 bridgehead atoms. The summed E-state index contributed by atoms with van der Waals surface area (Å²) in [7, 11) is 1.90. The predicted molar refractivity (Wildman–Crippen MR) is 66.2 cm³/mol. The van der Waals surface area contributed by atoms with Crippen molar-refractivity contribution < 1.29 is 0 Å². The van der Waals surface area contributed by atoms with Gasteiger partial charge >= 0.3 is 0 Å². The molecule has 3 N–H and O–H groups in total. The van der Waals surface area contributed by atoms with Crippen LogP contribution < -0.4 is 5.73 Å². The number of hydrogen-bond donors (Lipinski definition) is 2. The molecule has 0 radical (unpaired) electrons. The minimum atomic E-state index is 0.490. The SMILES string of the molecule is Cn1cc(CN)c(-c2ccc3nc[nH]c3c2)n1. The first-order valence-electron chi connectivity index (χ1n) is 5.44. The Morgan fingerprint density at radius 3 is 3.12 bits per heavy atom. The highest BCUT2D eigenvalue weighted by molar-refractivity contribution is 5.81. The summed E-state index contributed by atoms with van der Waals surface area (Å²) in [6.07, 6.45) is 3.64. The van der Waals surface area contributed by atoms with E-state index in [9.17, 15) is 0 Å². The van der Waals surface area contributed by atoms with Crippen molar-refractivity contribution in [2.75, 3.05) is 0 Å². The summed E-state index contributed by atoms with van der Waals surface area (Å²) < 4.78 is 1.79. The Labute approximate surface area is 98.3 Å². The molecule has 0 unspecified atom stereocenters. The van der Waals surface area contributed by atoms with E-state index in [1.54, 1.807) is 11.0 Å². The van der Waals surface area contributed by atoms with Crippen LogP contribution in [0.2, 0.25) is 0 Å². The Kier molecular flexibility index (Phi) is 2.19. The molecule has 5 nitrogen and oxygen atoms in total. The summed E-state index contributed by atoms with van der Waals surface area (Å²) in [5, 5.41) is 4.45. The molecule has 86 valence electrons. The lowest BCUT2D eigenvalue weighted by molar-refractivity contribution is 0.769. The average Bonchev–Trinajstić information content (AvgIpc) is 2.93. The Balaban J connectivity index is 2.18. The van der Waals surface area contributed by atoms with Gasteiger partial charge in [0.1, 0.15) is 0 Å². The number of nitrogens with zero attached hydrogens (tertiary/aromatic N) is 3. The lowest BCUT2D eigenvalue weighted by atomic mass is 10.1. The first-order valence-corrected chi connectivity index (χ1v) is 5.44. The van der Waals surface area contributed by atoms with E-state index in [4.69, 9.17) is 5.73 Å². The highest BCUT2D eigenvalue weighted by Crippen LogP contribution is 2.24. The van der Waals surface area contributed by atoms with Crippen LogP contribution in [0.15, 0.2) is 30.7 Å². The van der Waals surface area contributed by atoms with E-state index in [0.717, 1.165) is 27.9 Å². The molecule has 0 saturated carbocycles. The van der Waals surface area contributed by atoms with Gasteiger partial charge in [0.2, 0.25) is 0 Å². The second-order valence-electron chi connectivity index (χ2n) is 4.02. The summed E-state index contributed by atoms with van der Waals surface area (Å²) in [4.78, 5) is 7.29. The molecule has 3 rings (SSSR count). The molecule has 2 heterocycles. The highest BCUT2D eigenvalue weighted by atomic mass is 15.3. The molecular formula is C12H13N5. The average molecular weight is 227 g/mol. The van der Waals surface area contributed by atoms with Gasteiger partial charge in [0.05, 0.1) is 23.1 Å². The topological polar surface area (TPSA) is 72.5 Å². The van der Waals surface area contributed by atoms with E-state index in [1.165, 1.54) is 0 Å². The molecule has 5 heteroatoms. The van der Waals surface area contributed by atoms with E-state index < -0.39 is 0 Å². The number of H-pyrrole nitrogens is 1. The zero-order valence-electron chi connectivity index (χ0n) is 9.51. The maximum Gasteiger partial charge on any atom is 0.0968 e. The second kappa shape index (κ2) is 3.71. The Morgan fingerprint density at radius 1 is 1.41 bits per heavy atom. The van der Waals surface area contributed by atoms with Crippen LogP contribution in [0.5, 0.6) is 0 Å². The van der Waals surface area contributed by atoms with Gasteiger partial charge in [-0.25, -0.2) is 4.98 Å². The molecule has 1 aromatic carbocycles. The quantitative estimate of drug-likeness (QED) is 0.695. The minimum Gasteiger partial charge on any atom is -0.345 e. The molecule has 0 fully saturated rings. The molecule has 2 aromatic heterocycles. The van der Waals surface area contributed by atoms with Crippen molar-refractivity contribution in [3.63, 3.8) is 0 Å². The zero-order chi connectivity index (χ0) is 11.8. The molecule has 3 aromatic rings. The Hall–Kier alpha value is -2.14. The molecule has 0 spiro atoms. The van der Waals surface area contributed by atoms with Gasteiger partial charge in [-0.2, -0.15) is 5.10 Å². The lowest BCUT2D eigenvalue weighted by Gasteiger charge is -2.00. The van der Waals surface area contributed by atoms with Crippen LogP contribution in [-0.2, 0) is 13.6 Å². The Morgan fingerprint density at radius 2 is 2.29 bits per heavy atom. The van der Waals surface area contributed by atoms with Crippen LogP contribution >= 0.6 is 0 Å². The summed E-state index contributed by atoms with van der Waals surface area (Å²) in [5.74, 6) is 0. The smallest absolute Gasteiger partial charge is 0.0968 e. The van der Waals surface area contributed by atoms with Crippen molar-refractivity contribution in [3.8, 4) is 11.3 Å². The standard InChI is InChI=1S/C12H13N5/c1-17-6-9(5-13)12(16-17)8-2-3-10-11(4-8)15-7-14-10/h2-4,6-7H,5,13H2,1H3,(H,14,15). The van der Waals surface area contributed by atoms with Gasteiger partial charge in [-0.15, -0.1) is 0 Å². The third-order valence-corrected chi connectivity index (χ3v) is 2.82. The molecule has 0 atom stereocenters. The van der Waals surface area contributed by atoms with Crippen molar-refractivity contribution in [1.29, 1.82) is 0 Å². The van der Waals surface area contributed by atoms with Gasteiger partial charge in [0, 0.05) is 30.9 Å². The number of benzene rings is 1. The van der Waals surface area contributed by atoms with Gasteiger partial charge in [-0.3, -0.25) is 4.68 Å². The van der Waals surface area contributed by atoms with Crippen LogP contribution in [-0.4, -0.2) is 19.7 Å². The van der Waals surface area contributed by atoms with E-state index in [1.807, 2.05) is 31.4 Å². The number of hydrogen-bond acceptors (Lipinski definition) is 3. The first kappa shape index (κ1) is 10.0. The summed E-state index contributed by atoms with van der Waals surface area (Å²) in [6, 6.07) is 6.05. The Bertz CT molecular complexity index is 664. The fraction of sp³-hybridized carbons (Fsp3) is 0.167. The minimum absolute atomic E-state index is 0.490. The molecule has 0 saturated heterocycles. The van der Waals surface area contributed by atoms with Gasteiger partial charge in [0.15, 0.2) is 0 Å². The monoisotopic (exact) mass is 227 g/mol. The number of rotatable bonds is 2. The maximum absolute atomic E-state index is 5.72. The predicted octanol–water partition coefficient (Wildman–Crippen LogP) is 1.42. The molecule has 0 aliphatic rings. The van der Waals surface area contributed by atoms with E-state index in [0.29, 0.717) is 6.54 Å². The van der Waals surface area contributed by atoms with E-state index >= 15 is 0 Å². The molecule has 0 aliphatic carbocycles. The van der Waals surface area contributed by atoms with Crippen molar-refractivity contribution in [3.05, 3.63) is 36.3 Å². The van der Waals surface area contributed by atoms with Crippen molar-refractivity contribution >= 4 is 11.0 Å². The van der Waals surface area contributed by atoms with Gasteiger partial charge in [-0.1, -0.05) is 6.07 Å². The van der Waals surface area contributed by atoms with Gasteiger partial charge in [-0.05, 0) is 12.1 Å². The molecule has 17 heavy (non-hydrogen) atoms. The van der Waals surface area contributed by atoms with E-state index in [2.05, 4.69) is 15.1 Å². The normalized spacial score (nSPS) is 11.2. The number of nitrogens with two attached hydrogens (primary N) is 1. The van der Waals surface area contributed by atoms with Gasteiger partial charge in [0.25, 0.3) is 0 Å². The summed E-state index contributed by atoms with van der Waals surface area (Å²) in [5.41, 5.74) is 10.7. The van der Waals surface area contributed by atoms with Crippen LogP contribution in [0.3, 0.4) is 0 Å². The second-order valence-corrected chi connectivity index (χ2v) is 4.02. The fourth-order valence-electron chi connectivity index (χ4n) is 2.01. The number of aromatic amines is 1. The van der Waals surface area contributed by atoms with Gasteiger partial charge < -0.3 is 10.7 Å². The highest BCUT2D eigenvalue weighted by Gasteiger charge is 2.09. The zero-order valence-corrected chi connectivity index (χ0v) is 9.51. The number of fused-ring (bicyclic) bond motifs is 1. The molecule has 0 aliphatic heterocycles. The van der Waals surface area contributed by atoms with Crippen molar-refractivity contribution in [2.24, 2.45) is 12.8 Å². The fourth-order valence-corrected chi connectivity index (χ4v) is 2.01. The lowest BCUT2D eigenvalue weighted by Crippen LogP contribution is -1.96. The first-order chi connectivity index (χ1) is 8.28. The number of imidazole rings is 1. The largest absolute Gasteiger partial charge is 0.345 e. The third kappa shape index (κ3) is 1.60.